The fourth-order valence-corrected chi connectivity index (χ4v) is 5.22. The summed E-state index contributed by atoms with van der Waals surface area (Å²) in [4.78, 5) is 3.48. The molecule has 9 heteroatoms. The fourth-order valence-electron chi connectivity index (χ4n) is 5.22. The molecule has 38 heavy (non-hydrogen) atoms. The lowest BCUT2D eigenvalue weighted by Crippen LogP contribution is -2.32. The number of ether oxygens (including phenoxy) is 2. The van der Waals surface area contributed by atoms with E-state index in [1.165, 1.54) is 0 Å². The van der Waals surface area contributed by atoms with E-state index in [0.29, 0.717) is 48.3 Å². The molecule has 1 aromatic heterocycles. The number of aromatic nitrogens is 2. The first-order chi connectivity index (χ1) is 18.3. The minimum Gasteiger partial charge on any atom is -0.493 e. The van der Waals surface area contributed by atoms with Crippen molar-refractivity contribution in [2.75, 3.05) is 7.11 Å². The van der Waals surface area contributed by atoms with Gasteiger partial charge >= 0.3 is 12.1 Å². The van der Waals surface area contributed by atoms with Crippen molar-refractivity contribution in [3.63, 3.8) is 0 Å². The molecule has 3 aromatic rings. The summed E-state index contributed by atoms with van der Waals surface area (Å²) < 4.78 is 54.9. The van der Waals surface area contributed by atoms with Crippen LogP contribution < -0.4 is 9.47 Å². The van der Waals surface area contributed by atoms with Gasteiger partial charge in [-0.1, -0.05) is 35.2 Å². The molecule has 1 heterocycles. The van der Waals surface area contributed by atoms with Gasteiger partial charge in [-0.25, -0.2) is 0 Å². The van der Waals surface area contributed by atoms with E-state index >= 15 is 0 Å². The van der Waals surface area contributed by atoms with Crippen molar-refractivity contribution in [3.8, 4) is 34.7 Å². The molecule has 0 spiro atoms. The molecule has 2 aromatic carbocycles. The molecular formula is C29H29F3N2O4. The molecule has 0 radical (unpaired) electrons. The SMILES string of the molecule is COc1ccc([C@]2(C#Cc3cccc(-c4noc(C(F)(F)F)n4)c3)CC[C@@H](O)CC2)cc1OC1CCCC1. The first-order valence-electron chi connectivity index (χ1n) is 12.8. The van der Waals surface area contributed by atoms with E-state index in [1.54, 1.807) is 31.4 Å². The molecule has 0 saturated heterocycles. The van der Waals surface area contributed by atoms with E-state index in [0.717, 1.165) is 31.2 Å². The van der Waals surface area contributed by atoms with Crippen LogP contribution in [0, 0.1) is 11.8 Å². The van der Waals surface area contributed by atoms with E-state index in [1.807, 2.05) is 18.2 Å². The van der Waals surface area contributed by atoms with Gasteiger partial charge in [0.05, 0.1) is 24.7 Å². The number of rotatable bonds is 5. The highest BCUT2D eigenvalue weighted by atomic mass is 19.4. The summed E-state index contributed by atoms with van der Waals surface area (Å²) in [7, 11) is 1.62. The summed E-state index contributed by atoms with van der Waals surface area (Å²) in [6.07, 6.45) is 1.98. The topological polar surface area (TPSA) is 77.6 Å². The van der Waals surface area contributed by atoms with Crippen molar-refractivity contribution >= 4 is 0 Å². The maximum atomic E-state index is 12.9. The lowest BCUT2D eigenvalue weighted by Gasteiger charge is -2.35. The van der Waals surface area contributed by atoms with E-state index in [2.05, 4.69) is 26.5 Å². The second kappa shape index (κ2) is 10.7. The lowest BCUT2D eigenvalue weighted by atomic mass is 9.69. The zero-order chi connectivity index (χ0) is 26.8. The Balaban J connectivity index is 1.47. The van der Waals surface area contributed by atoms with Crippen molar-refractivity contribution in [3.05, 3.63) is 59.5 Å². The molecule has 0 aliphatic heterocycles. The monoisotopic (exact) mass is 526 g/mol. The third kappa shape index (κ3) is 5.65. The van der Waals surface area contributed by atoms with Crippen molar-refractivity contribution in [2.45, 2.75) is 75.2 Å². The summed E-state index contributed by atoms with van der Waals surface area (Å²) in [6.45, 7) is 0. The Morgan fingerprint density at radius 1 is 1.03 bits per heavy atom. The van der Waals surface area contributed by atoms with Crippen molar-refractivity contribution in [1.82, 2.24) is 10.1 Å². The Hall–Kier alpha value is -3.51. The largest absolute Gasteiger partial charge is 0.493 e. The molecule has 5 rings (SSSR count). The molecule has 200 valence electrons. The Labute approximate surface area is 219 Å². The summed E-state index contributed by atoms with van der Waals surface area (Å²) in [5.74, 6) is 6.51. The molecule has 0 bridgehead atoms. The Morgan fingerprint density at radius 2 is 1.79 bits per heavy atom. The highest BCUT2D eigenvalue weighted by molar-refractivity contribution is 5.58. The van der Waals surface area contributed by atoms with Crippen molar-refractivity contribution < 1.29 is 32.3 Å². The van der Waals surface area contributed by atoms with Gasteiger partial charge < -0.3 is 19.1 Å². The third-order valence-electron chi connectivity index (χ3n) is 7.36. The zero-order valence-electron chi connectivity index (χ0n) is 21.1. The molecule has 2 aliphatic rings. The van der Waals surface area contributed by atoms with Crippen LogP contribution in [0.5, 0.6) is 11.5 Å². The molecule has 1 N–H and O–H groups in total. The summed E-state index contributed by atoms with van der Waals surface area (Å²) >= 11 is 0. The fraction of sp³-hybridized carbons (Fsp3) is 0.448. The van der Waals surface area contributed by atoms with Gasteiger partial charge in [0.1, 0.15) is 0 Å². The molecule has 2 fully saturated rings. The maximum absolute atomic E-state index is 12.9. The van der Waals surface area contributed by atoms with Gasteiger partial charge in [0.15, 0.2) is 11.5 Å². The second-order valence-electron chi connectivity index (χ2n) is 9.95. The van der Waals surface area contributed by atoms with Gasteiger partial charge in [-0.3, -0.25) is 0 Å². The third-order valence-corrected chi connectivity index (χ3v) is 7.36. The number of benzene rings is 2. The van der Waals surface area contributed by atoms with Crippen LogP contribution in [0.2, 0.25) is 0 Å². The van der Waals surface area contributed by atoms with Crippen molar-refractivity contribution in [2.24, 2.45) is 0 Å². The minimum atomic E-state index is -4.71. The summed E-state index contributed by atoms with van der Waals surface area (Å²) in [5, 5.41) is 13.7. The highest BCUT2D eigenvalue weighted by Crippen LogP contribution is 2.43. The van der Waals surface area contributed by atoms with Crippen LogP contribution in [0.1, 0.15) is 68.4 Å². The van der Waals surface area contributed by atoms with Crippen molar-refractivity contribution in [1.29, 1.82) is 0 Å². The standard InChI is InChI=1S/C29H29F3N2O4/c1-36-24-10-9-21(18-25(24)37-23-7-2-3-8-23)28(15-12-22(35)13-16-28)14-11-19-5-4-6-20(17-19)26-33-27(38-34-26)29(30,31)32/h4-6,9-10,17-18,22-23,35H,2-3,7-8,12-13,15-16H2,1H3/t22-,28-. The number of hydrogen-bond donors (Lipinski definition) is 1. The van der Waals surface area contributed by atoms with Crippen LogP contribution >= 0.6 is 0 Å². The van der Waals surface area contributed by atoms with E-state index in [4.69, 9.17) is 9.47 Å². The Kier molecular flexibility index (Phi) is 7.35. The van der Waals surface area contributed by atoms with Crippen LogP contribution in [-0.4, -0.2) is 34.6 Å². The Bertz CT molecular complexity index is 1330. The molecule has 6 nitrogen and oxygen atoms in total. The van der Waals surface area contributed by atoms with Crippen LogP contribution in [0.3, 0.4) is 0 Å². The van der Waals surface area contributed by atoms with Crippen LogP contribution in [0.4, 0.5) is 13.2 Å². The van der Waals surface area contributed by atoms with Crippen LogP contribution in [-0.2, 0) is 11.6 Å². The lowest BCUT2D eigenvalue weighted by molar-refractivity contribution is -0.159. The summed E-state index contributed by atoms with van der Waals surface area (Å²) in [6, 6.07) is 12.7. The molecular weight excluding hydrogens is 497 g/mol. The van der Waals surface area contributed by atoms with Crippen LogP contribution in [0.25, 0.3) is 11.4 Å². The molecule has 0 amide bonds. The molecule has 2 aliphatic carbocycles. The Morgan fingerprint density at radius 3 is 2.47 bits per heavy atom. The number of halogens is 3. The van der Waals surface area contributed by atoms with Crippen LogP contribution in [0.15, 0.2) is 47.0 Å². The second-order valence-corrected chi connectivity index (χ2v) is 9.95. The average Bonchev–Trinajstić information content (AvgIpc) is 3.62. The number of aliphatic hydroxyl groups excluding tert-OH is 1. The average molecular weight is 527 g/mol. The van der Waals surface area contributed by atoms with E-state index in [-0.39, 0.29) is 18.0 Å². The first-order valence-corrected chi connectivity index (χ1v) is 12.8. The molecule has 0 atom stereocenters. The number of alkyl halides is 3. The van der Waals surface area contributed by atoms with Gasteiger partial charge in [0.25, 0.3) is 0 Å². The van der Waals surface area contributed by atoms with E-state index in [9.17, 15) is 18.3 Å². The minimum absolute atomic E-state index is 0.152. The predicted octanol–water partition coefficient (Wildman–Crippen LogP) is 6.31. The van der Waals surface area contributed by atoms with E-state index < -0.39 is 17.5 Å². The number of aliphatic hydroxyl groups is 1. The quantitative estimate of drug-likeness (QED) is 0.393. The molecule has 0 unspecified atom stereocenters. The number of nitrogens with zero attached hydrogens (tertiary/aromatic N) is 2. The first kappa shape index (κ1) is 26.1. The van der Waals surface area contributed by atoms with Gasteiger partial charge in [0.2, 0.25) is 5.82 Å². The van der Waals surface area contributed by atoms with Gasteiger partial charge in [-0.05, 0) is 81.2 Å². The normalized spacial score (nSPS) is 22.1. The zero-order valence-corrected chi connectivity index (χ0v) is 21.1. The maximum Gasteiger partial charge on any atom is 0.471 e. The van der Waals surface area contributed by atoms with Gasteiger partial charge in [-0.15, -0.1) is 0 Å². The predicted molar refractivity (Wildman–Crippen MR) is 134 cm³/mol. The molecule has 2 saturated carbocycles. The number of methoxy groups -OCH3 is 1. The number of hydrogen-bond acceptors (Lipinski definition) is 6. The summed E-state index contributed by atoms with van der Waals surface area (Å²) in [5.41, 5.74) is 1.46. The highest BCUT2D eigenvalue weighted by Gasteiger charge is 2.39. The van der Waals surface area contributed by atoms with Gasteiger partial charge in [0, 0.05) is 11.1 Å². The smallest absolute Gasteiger partial charge is 0.471 e. The van der Waals surface area contributed by atoms with Gasteiger partial charge in [-0.2, -0.15) is 18.2 Å².